The summed E-state index contributed by atoms with van der Waals surface area (Å²) in [7, 11) is 0. The number of carbonyl (C=O) groups excluding carboxylic acids is 2. The maximum atomic E-state index is 12.6. The molecule has 5 rings (SSSR count). The molecular formula is C23H33N7O2. The number of carbonyl (C=O) groups is 2. The van der Waals surface area contributed by atoms with Gasteiger partial charge in [0.15, 0.2) is 17.0 Å². The SMILES string of the molecule is O=C(NCCCN1CCCC1=O)C1CCN(c2ncnc3c2nc2n3CCCCC2)CC1. The number of aromatic nitrogens is 4. The van der Waals surface area contributed by atoms with Gasteiger partial charge in [0, 0.05) is 58.0 Å². The molecule has 2 aromatic heterocycles. The highest BCUT2D eigenvalue weighted by Gasteiger charge is 2.28. The van der Waals surface area contributed by atoms with Gasteiger partial charge in [-0.3, -0.25) is 9.59 Å². The average molecular weight is 440 g/mol. The largest absolute Gasteiger partial charge is 0.356 e. The molecule has 2 fully saturated rings. The third-order valence-corrected chi connectivity index (χ3v) is 7.11. The second-order valence-electron chi connectivity index (χ2n) is 9.25. The molecule has 0 unspecified atom stereocenters. The number of nitrogens with zero attached hydrogens (tertiary/aromatic N) is 6. The number of hydrogen-bond donors (Lipinski definition) is 1. The van der Waals surface area contributed by atoms with Gasteiger partial charge in [-0.05, 0) is 38.5 Å². The minimum Gasteiger partial charge on any atom is -0.356 e. The minimum atomic E-state index is 0.0377. The molecule has 3 aliphatic heterocycles. The van der Waals surface area contributed by atoms with Crippen molar-refractivity contribution in [2.24, 2.45) is 5.92 Å². The Kier molecular flexibility index (Phi) is 6.23. The molecule has 3 aliphatic rings. The van der Waals surface area contributed by atoms with Crippen molar-refractivity contribution in [3.63, 3.8) is 0 Å². The van der Waals surface area contributed by atoms with Crippen LogP contribution in [0, 0.1) is 5.92 Å². The molecule has 0 aliphatic carbocycles. The Labute approximate surface area is 188 Å². The van der Waals surface area contributed by atoms with Gasteiger partial charge in [-0.1, -0.05) is 6.42 Å². The Morgan fingerprint density at radius 3 is 2.72 bits per heavy atom. The van der Waals surface area contributed by atoms with Crippen molar-refractivity contribution < 1.29 is 9.59 Å². The number of fused-ring (bicyclic) bond motifs is 3. The maximum Gasteiger partial charge on any atom is 0.223 e. The summed E-state index contributed by atoms with van der Waals surface area (Å²) in [5.74, 6) is 2.46. The molecule has 1 N–H and O–H groups in total. The van der Waals surface area contributed by atoms with E-state index in [1.807, 2.05) is 4.90 Å². The molecule has 9 heteroatoms. The van der Waals surface area contributed by atoms with Crippen molar-refractivity contribution in [2.45, 2.75) is 64.3 Å². The van der Waals surface area contributed by atoms with Crippen LogP contribution >= 0.6 is 0 Å². The van der Waals surface area contributed by atoms with Crippen LogP contribution in [0.1, 0.15) is 57.2 Å². The number of aryl methyl sites for hydroxylation is 2. The summed E-state index contributed by atoms with van der Waals surface area (Å²) in [5, 5.41) is 3.08. The van der Waals surface area contributed by atoms with Crippen LogP contribution < -0.4 is 10.2 Å². The Hall–Kier alpha value is -2.71. The Bertz CT molecular complexity index is 980. The average Bonchev–Trinajstić information content (AvgIpc) is 3.30. The number of nitrogens with one attached hydrogen (secondary N) is 1. The molecule has 0 atom stereocenters. The molecule has 9 nitrogen and oxygen atoms in total. The monoisotopic (exact) mass is 439 g/mol. The molecule has 2 aromatic rings. The summed E-state index contributed by atoms with van der Waals surface area (Å²) >= 11 is 0. The zero-order valence-corrected chi connectivity index (χ0v) is 18.8. The van der Waals surface area contributed by atoms with Crippen molar-refractivity contribution in [1.29, 1.82) is 0 Å². The highest BCUT2D eigenvalue weighted by molar-refractivity contribution is 5.84. The molecule has 2 amide bonds. The minimum absolute atomic E-state index is 0.0377. The summed E-state index contributed by atoms with van der Waals surface area (Å²) in [4.78, 5) is 42.5. The fraction of sp³-hybridized carbons (Fsp3) is 0.696. The molecule has 0 radical (unpaired) electrons. The van der Waals surface area contributed by atoms with Crippen LogP contribution in [0.25, 0.3) is 11.2 Å². The van der Waals surface area contributed by atoms with Gasteiger partial charge in [0.05, 0.1) is 0 Å². The van der Waals surface area contributed by atoms with Crippen LogP contribution in [0.4, 0.5) is 5.82 Å². The third-order valence-electron chi connectivity index (χ3n) is 7.11. The molecule has 172 valence electrons. The lowest BCUT2D eigenvalue weighted by molar-refractivity contribution is -0.127. The highest BCUT2D eigenvalue weighted by atomic mass is 16.2. The van der Waals surface area contributed by atoms with E-state index in [-0.39, 0.29) is 17.7 Å². The molecule has 0 saturated carbocycles. The van der Waals surface area contributed by atoms with E-state index >= 15 is 0 Å². The smallest absolute Gasteiger partial charge is 0.223 e. The summed E-state index contributed by atoms with van der Waals surface area (Å²) < 4.78 is 2.27. The second kappa shape index (κ2) is 9.42. The number of amides is 2. The van der Waals surface area contributed by atoms with Gasteiger partial charge in [0.1, 0.15) is 12.2 Å². The zero-order valence-electron chi connectivity index (χ0n) is 18.8. The lowest BCUT2D eigenvalue weighted by Gasteiger charge is -2.32. The summed E-state index contributed by atoms with van der Waals surface area (Å²) in [6.45, 7) is 4.83. The van der Waals surface area contributed by atoms with Crippen molar-refractivity contribution in [3.8, 4) is 0 Å². The number of anilines is 1. The van der Waals surface area contributed by atoms with E-state index in [9.17, 15) is 9.59 Å². The quantitative estimate of drug-likeness (QED) is 0.691. The van der Waals surface area contributed by atoms with Crippen molar-refractivity contribution in [3.05, 3.63) is 12.2 Å². The van der Waals surface area contributed by atoms with E-state index in [0.29, 0.717) is 13.0 Å². The summed E-state index contributed by atoms with van der Waals surface area (Å²) in [6, 6.07) is 0. The van der Waals surface area contributed by atoms with E-state index in [4.69, 9.17) is 4.98 Å². The molecule has 0 spiro atoms. The normalized spacial score (nSPS) is 19.9. The lowest BCUT2D eigenvalue weighted by Crippen LogP contribution is -2.41. The Morgan fingerprint density at radius 1 is 1.03 bits per heavy atom. The van der Waals surface area contributed by atoms with E-state index in [0.717, 1.165) is 87.6 Å². The van der Waals surface area contributed by atoms with Gasteiger partial charge >= 0.3 is 0 Å². The topological polar surface area (TPSA) is 96.2 Å². The predicted octanol–water partition coefficient (Wildman–Crippen LogP) is 1.90. The standard InChI is InChI=1S/C23H33N7O2/c31-19-7-4-11-28(19)12-5-10-24-23(32)17-8-14-29(15-9-17)21-20-22(26-16-25-21)30-13-3-1-2-6-18(30)27-20/h16-17H,1-15H2,(H,24,32). The van der Waals surface area contributed by atoms with E-state index in [1.54, 1.807) is 6.33 Å². The predicted molar refractivity (Wildman–Crippen MR) is 121 cm³/mol. The van der Waals surface area contributed by atoms with Gasteiger partial charge in [-0.15, -0.1) is 0 Å². The van der Waals surface area contributed by atoms with Crippen LogP contribution in [0.2, 0.25) is 0 Å². The molecule has 2 saturated heterocycles. The first kappa shape index (κ1) is 21.2. The van der Waals surface area contributed by atoms with E-state index < -0.39 is 0 Å². The van der Waals surface area contributed by atoms with Crippen molar-refractivity contribution in [1.82, 2.24) is 29.7 Å². The zero-order chi connectivity index (χ0) is 21.9. The van der Waals surface area contributed by atoms with Crippen LogP contribution in [-0.4, -0.2) is 69.0 Å². The van der Waals surface area contributed by atoms with Crippen molar-refractivity contribution in [2.75, 3.05) is 37.6 Å². The number of rotatable bonds is 6. The first-order valence-corrected chi connectivity index (χ1v) is 12.2. The number of piperidine rings is 1. The Morgan fingerprint density at radius 2 is 1.91 bits per heavy atom. The maximum absolute atomic E-state index is 12.6. The van der Waals surface area contributed by atoms with Gasteiger partial charge < -0.3 is 19.7 Å². The first-order chi connectivity index (χ1) is 15.7. The second-order valence-corrected chi connectivity index (χ2v) is 9.25. The van der Waals surface area contributed by atoms with Crippen molar-refractivity contribution >= 4 is 28.8 Å². The molecule has 5 heterocycles. The fourth-order valence-corrected chi connectivity index (χ4v) is 5.28. The molecule has 0 aromatic carbocycles. The third kappa shape index (κ3) is 4.29. The van der Waals surface area contributed by atoms with Gasteiger partial charge in [-0.2, -0.15) is 0 Å². The lowest BCUT2D eigenvalue weighted by atomic mass is 9.96. The molecule has 32 heavy (non-hydrogen) atoms. The number of hydrogen-bond acceptors (Lipinski definition) is 6. The van der Waals surface area contributed by atoms with Crippen LogP contribution in [0.15, 0.2) is 6.33 Å². The van der Waals surface area contributed by atoms with E-state index in [2.05, 4.69) is 24.8 Å². The highest BCUT2D eigenvalue weighted by Crippen LogP contribution is 2.29. The van der Waals surface area contributed by atoms with Gasteiger partial charge in [-0.25, -0.2) is 15.0 Å². The van der Waals surface area contributed by atoms with Crippen LogP contribution in [0.5, 0.6) is 0 Å². The molecular weight excluding hydrogens is 406 g/mol. The number of imidazole rings is 1. The first-order valence-electron chi connectivity index (χ1n) is 12.2. The summed E-state index contributed by atoms with van der Waals surface area (Å²) in [5.41, 5.74) is 1.85. The van der Waals surface area contributed by atoms with Crippen LogP contribution in [-0.2, 0) is 22.6 Å². The molecule has 0 bridgehead atoms. The van der Waals surface area contributed by atoms with Gasteiger partial charge in [0.2, 0.25) is 11.8 Å². The van der Waals surface area contributed by atoms with Gasteiger partial charge in [0.25, 0.3) is 0 Å². The number of likely N-dealkylation sites (tertiary alicyclic amines) is 1. The fourth-order valence-electron chi connectivity index (χ4n) is 5.28. The van der Waals surface area contributed by atoms with E-state index in [1.165, 1.54) is 19.3 Å². The Balaban J connectivity index is 1.15. The summed E-state index contributed by atoms with van der Waals surface area (Å²) in [6.07, 6.45) is 10.3. The van der Waals surface area contributed by atoms with Crippen LogP contribution in [0.3, 0.4) is 0 Å².